The third kappa shape index (κ3) is 5.20. The third-order valence-electron chi connectivity index (χ3n) is 6.88. The van der Waals surface area contributed by atoms with Crippen LogP contribution in [0.3, 0.4) is 0 Å². The average Bonchev–Trinajstić information content (AvgIpc) is 3.25. The smallest absolute Gasteiger partial charge is 0.253 e. The van der Waals surface area contributed by atoms with Gasteiger partial charge in [-0.3, -0.25) is 9.59 Å². The van der Waals surface area contributed by atoms with E-state index in [1.807, 2.05) is 52.3 Å². The van der Waals surface area contributed by atoms with Gasteiger partial charge in [-0.1, -0.05) is 72.8 Å². The first-order chi connectivity index (χ1) is 16.7. The highest BCUT2D eigenvalue weighted by molar-refractivity contribution is 8.00. The summed E-state index contributed by atoms with van der Waals surface area (Å²) in [5, 5.41) is -0.00871. The molecule has 34 heavy (non-hydrogen) atoms. The zero-order chi connectivity index (χ0) is 23.3. The van der Waals surface area contributed by atoms with Gasteiger partial charge in [0.1, 0.15) is 5.37 Å². The van der Waals surface area contributed by atoms with Crippen molar-refractivity contribution in [3.63, 3.8) is 0 Å². The molecule has 5 rings (SSSR count). The van der Waals surface area contributed by atoms with Gasteiger partial charge in [0.05, 0.1) is 5.75 Å². The van der Waals surface area contributed by atoms with Crippen LogP contribution in [-0.4, -0.2) is 40.5 Å². The highest BCUT2D eigenvalue weighted by Gasteiger charge is 2.33. The van der Waals surface area contributed by atoms with Gasteiger partial charge in [0.25, 0.3) is 5.91 Å². The van der Waals surface area contributed by atoms with Gasteiger partial charge in [0.15, 0.2) is 0 Å². The molecule has 0 aromatic heterocycles. The van der Waals surface area contributed by atoms with Crippen LogP contribution in [0.25, 0.3) is 0 Å². The van der Waals surface area contributed by atoms with Crippen LogP contribution in [0.2, 0.25) is 0 Å². The second kappa shape index (κ2) is 10.5. The number of amides is 2. The first kappa shape index (κ1) is 22.7. The van der Waals surface area contributed by atoms with Gasteiger partial charge in [-0.15, -0.1) is 11.8 Å². The van der Waals surface area contributed by atoms with Crippen LogP contribution in [0.1, 0.15) is 45.3 Å². The summed E-state index contributed by atoms with van der Waals surface area (Å²) in [4.78, 5) is 29.6. The Hall–Kier alpha value is -3.05. The van der Waals surface area contributed by atoms with Crippen LogP contribution < -0.4 is 0 Å². The van der Waals surface area contributed by atoms with E-state index < -0.39 is 0 Å². The minimum absolute atomic E-state index is 0.00871. The van der Waals surface area contributed by atoms with Gasteiger partial charge in [-0.05, 0) is 54.0 Å². The zero-order valence-corrected chi connectivity index (χ0v) is 20.1. The van der Waals surface area contributed by atoms with Crippen molar-refractivity contribution in [2.24, 2.45) is 5.92 Å². The number of carbonyl (C=O) groups excluding carboxylic acids is 2. The minimum Gasteiger partial charge on any atom is -0.339 e. The largest absolute Gasteiger partial charge is 0.339 e. The van der Waals surface area contributed by atoms with Gasteiger partial charge >= 0.3 is 0 Å². The third-order valence-corrected chi connectivity index (χ3v) is 8.13. The van der Waals surface area contributed by atoms with Crippen molar-refractivity contribution in [2.75, 3.05) is 18.8 Å². The summed E-state index contributed by atoms with van der Waals surface area (Å²) in [5.41, 5.74) is 4.32. The van der Waals surface area contributed by atoms with Crippen molar-refractivity contribution in [2.45, 2.75) is 31.2 Å². The van der Waals surface area contributed by atoms with E-state index in [9.17, 15) is 9.59 Å². The van der Waals surface area contributed by atoms with Crippen LogP contribution in [0, 0.1) is 5.92 Å². The van der Waals surface area contributed by atoms with Gasteiger partial charge in [-0.2, -0.15) is 0 Å². The summed E-state index contributed by atoms with van der Waals surface area (Å²) < 4.78 is 0. The van der Waals surface area contributed by atoms with Crippen molar-refractivity contribution >= 4 is 23.6 Å². The molecule has 2 heterocycles. The Bertz CT molecular complexity index is 1110. The molecule has 3 aromatic carbocycles. The molecular formula is C29H30N2O2S. The predicted molar refractivity (Wildman–Crippen MR) is 137 cm³/mol. The van der Waals surface area contributed by atoms with Crippen molar-refractivity contribution in [3.8, 4) is 0 Å². The molecule has 2 aliphatic rings. The predicted octanol–water partition coefficient (Wildman–Crippen LogP) is 5.56. The lowest BCUT2D eigenvalue weighted by molar-refractivity contribution is -0.128. The second-order valence-electron chi connectivity index (χ2n) is 9.22. The Morgan fingerprint density at radius 3 is 2.09 bits per heavy atom. The van der Waals surface area contributed by atoms with Crippen LogP contribution in [0.5, 0.6) is 0 Å². The van der Waals surface area contributed by atoms with Crippen molar-refractivity contribution in [1.82, 2.24) is 9.80 Å². The highest BCUT2D eigenvalue weighted by atomic mass is 32.2. The van der Waals surface area contributed by atoms with Crippen molar-refractivity contribution < 1.29 is 9.59 Å². The van der Waals surface area contributed by atoms with E-state index in [-0.39, 0.29) is 17.2 Å². The van der Waals surface area contributed by atoms with E-state index in [0.717, 1.165) is 49.0 Å². The number of likely N-dealkylation sites (tertiary alicyclic amines) is 1. The lowest BCUT2D eigenvalue weighted by Gasteiger charge is -2.32. The lowest BCUT2D eigenvalue weighted by atomic mass is 9.90. The van der Waals surface area contributed by atoms with Gasteiger partial charge in [0, 0.05) is 25.2 Å². The van der Waals surface area contributed by atoms with Gasteiger partial charge in [0.2, 0.25) is 5.91 Å². The number of rotatable bonds is 6. The second-order valence-corrected chi connectivity index (χ2v) is 10.3. The fraction of sp³-hybridized carbons (Fsp3) is 0.310. The van der Waals surface area contributed by atoms with E-state index in [4.69, 9.17) is 0 Å². The van der Waals surface area contributed by atoms with E-state index in [1.165, 1.54) is 5.56 Å². The van der Waals surface area contributed by atoms with Crippen molar-refractivity contribution in [1.29, 1.82) is 0 Å². The van der Waals surface area contributed by atoms with Crippen LogP contribution in [-0.2, 0) is 17.8 Å². The minimum atomic E-state index is -0.00871. The summed E-state index contributed by atoms with van der Waals surface area (Å²) >= 11 is 1.66. The molecule has 2 fully saturated rings. The number of nitrogens with zero attached hydrogens (tertiary/aromatic N) is 2. The summed E-state index contributed by atoms with van der Waals surface area (Å²) in [7, 11) is 0. The SMILES string of the molecule is O=C(c1ccc([C@H]2SCC(=O)N2Cc2ccccc2)cc1)N1CCC(Cc2ccccc2)CC1. The topological polar surface area (TPSA) is 40.6 Å². The number of hydrogen-bond donors (Lipinski definition) is 0. The summed E-state index contributed by atoms with van der Waals surface area (Å²) in [5.74, 6) is 1.41. The number of thioether (sulfide) groups is 1. The maximum atomic E-state index is 13.1. The fourth-order valence-electron chi connectivity index (χ4n) is 4.94. The Balaban J connectivity index is 1.19. The van der Waals surface area contributed by atoms with Crippen LogP contribution in [0.4, 0.5) is 0 Å². The lowest BCUT2D eigenvalue weighted by Crippen LogP contribution is -2.38. The number of hydrogen-bond acceptors (Lipinski definition) is 3. The van der Waals surface area contributed by atoms with E-state index >= 15 is 0 Å². The first-order valence-corrected chi connectivity index (χ1v) is 13.1. The Morgan fingerprint density at radius 2 is 1.44 bits per heavy atom. The summed E-state index contributed by atoms with van der Waals surface area (Å²) in [6, 6.07) is 28.6. The molecule has 0 radical (unpaired) electrons. The fourth-order valence-corrected chi connectivity index (χ4v) is 6.13. The average molecular weight is 471 g/mol. The molecule has 174 valence electrons. The standard InChI is InChI=1S/C29H30N2O2S/c32-27-21-34-29(31(27)20-24-9-5-2-6-10-24)26-13-11-25(12-14-26)28(33)30-17-15-23(16-18-30)19-22-7-3-1-4-8-22/h1-14,23,29H,15-21H2/t29-/m1/s1. The molecule has 2 amide bonds. The quantitative estimate of drug-likeness (QED) is 0.474. The maximum Gasteiger partial charge on any atom is 0.253 e. The molecule has 0 bridgehead atoms. The van der Waals surface area contributed by atoms with E-state index in [0.29, 0.717) is 18.2 Å². The molecule has 3 aromatic rings. The normalized spacial score (nSPS) is 18.9. The Kier molecular flexibility index (Phi) is 7.00. The molecule has 1 atom stereocenters. The summed E-state index contributed by atoms with van der Waals surface area (Å²) in [6.07, 6.45) is 3.19. The van der Waals surface area contributed by atoms with Crippen LogP contribution in [0.15, 0.2) is 84.9 Å². The molecule has 2 saturated heterocycles. The number of carbonyl (C=O) groups is 2. The Labute approximate surface area is 206 Å². The maximum absolute atomic E-state index is 13.1. The molecule has 4 nitrogen and oxygen atoms in total. The molecular weight excluding hydrogens is 440 g/mol. The molecule has 0 aliphatic carbocycles. The van der Waals surface area contributed by atoms with Crippen LogP contribution >= 0.6 is 11.8 Å². The van der Waals surface area contributed by atoms with E-state index in [1.54, 1.807) is 11.8 Å². The number of benzene rings is 3. The molecule has 0 spiro atoms. The molecule has 0 saturated carbocycles. The highest BCUT2D eigenvalue weighted by Crippen LogP contribution is 2.39. The number of piperidine rings is 1. The first-order valence-electron chi connectivity index (χ1n) is 12.1. The Morgan fingerprint density at radius 1 is 0.824 bits per heavy atom. The van der Waals surface area contributed by atoms with Gasteiger partial charge in [-0.25, -0.2) is 0 Å². The molecule has 2 aliphatic heterocycles. The van der Waals surface area contributed by atoms with Crippen molar-refractivity contribution in [3.05, 3.63) is 107 Å². The van der Waals surface area contributed by atoms with E-state index in [2.05, 4.69) is 42.5 Å². The molecule has 5 heteroatoms. The van der Waals surface area contributed by atoms with Gasteiger partial charge < -0.3 is 9.80 Å². The zero-order valence-electron chi connectivity index (χ0n) is 19.3. The molecule has 0 unspecified atom stereocenters. The summed E-state index contributed by atoms with van der Waals surface area (Å²) in [6.45, 7) is 2.24. The monoisotopic (exact) mass is 470 g/mol. The molecule has 0 N–H and O–H groups in total.